The zero-order valence-electron chi connectivity index (χ0n) is 13.2. The van der Waals surface area contributed by atoms with Crippen molar-refractivity contribution in [3.63, 3.8) is 0 Å². The molecule has 0 spiro atoms. The van der Waals surface area contributed by atoms with Crippen LogP contribution < -0.4 is 0 Å². The van der Waals surface area contributed by atoms with Crippen molar-refractivity contribution in [1.29, 1.82) is 0 Å². The topological polar surface area (TPSA) is 51.5 Å². The van der Waals surface area contributed by atoms with Gasteiger partial charge in [0.25, 0.3) is 0 Å². The molecule has 0 amide bonds. The van der Waals surface area contributed by atoms with E-state index in [1.54, 1.807) is 12.2 Å². The summed E-state index contributed by atoms with van der Waals surface area (Å²) in [6, 6.07) is 7.38. The van der Waals surface area contributed by atoms with Crippen LogP contribution in [0.2, 0.25) is 0 Å². The van der Waals surface area contributed by atoms with Crippen molar-refractivity contribution in [2.45, 2.75) is 26.5 Å². The van der Waals surface area contributed by atoms with E-state index in [0.717, 1.165) is 22.4 Å². The fourth-order valence-corrected chi connectivity index (χ4v) is 3.00. The van der Waals surface area contributed by atoms with Crippen LogP contribution in [-0.4, -0.2) is 15.6 Å². The third-order valence-corrected chi connectivity index (χ3v) is 4.12. The number of aliphatic hydroxyl groups excluding tert-OH is 1. The molecule has 1 aromatic heterocycles. The largest absolute Gasteiger partial charge is 0.422 e. The molecule has 0 radical (unpaired) electrons. The summed E-state index contributed by atoms with van der Waals surface area (Å²) in [5, 5.41) is 10.0. The minimum Gasteiger partial charge on any atom is -0.422 e. The first-order valence-electron chi connectivity index (χ1n) is 7.51. The minimum absolute atomic E-state index is 0.405. The summed E-state index contributed by atoms with van der Waals surface area (Å²) in [4.78, 5) is 12.6. The van der Waals surface area contributed by atoms with Crippen LogP contribution in [0.1, 0.15) is 38.8 Å². The number of carbonyl (C=O) groups excluding carboxylic acids is 1. The number of aliphatic hydroxyl groups is 1. The quantitative estimate of drug-likeness (QED) is 0.694. The molecule has 3 rings (SSSR count). The van der Waals surface area contributed by atoms with Crippen LogP contribution in [0.4, 0.5) is 0 Å². The Morgan fingerprint density at radius 3 is 2.87 bits per heavy atom. The second kappa shape index (κ2) is 5.89. The van der Waals surface area contributed by atoms with Gasteiger partial charge >= 0.3 is 5.97 Å². The molecule has 0 saturated carbocycles. The number of nitrogens with zero attached hydrogens (tertiary/aromatic N) is 1. The Bertz CT molecular complexity index is 814. The number of carbonyl (C=O) groups is 1. The minimum atomic E-state index is -0.735. The molecule has 4 nitrogen and oxygen atoms in total. The third-order valence-electron chi connectivity index (χ3n) is 4.12. The molecule has 1 unspecified atom stereocenters. The second-order valence-electron chi connectivity index (χ2n) is 5.67. The highest BCUT2D eigenvalue weighted by atomic mass is 16.5. The lowest BCUT2D eigenvalue weighted by Crippen LogP contribution is -2.07. The Balaban J connectivity index is 1.89. The van der Waals surface area contributed by atoms with Crippen LogP contribution in [0.25, 0.3) is 5.76 Å². The average molecular weight is 309 g/mol. The maximum atomic E-state index is 12.6. The third kappa shape index (κ3) is 2.62. The molecule has 1 aliphatic carbocycles. The number of ether oxygens (including phenoxy) is 1. The number of hydrogen-bond donors (Lipinski definition) is 1. The van der Waals surface area contributed by atoms with Crippen LogP contribution in [0.3, 0.4) is 0 Å². The van der Waals surface area contributed by atoms with Crippen molar-refractivity contribution in [2.24, 2.45) is 0 Å². The van der Waals surface area contributed by atoms with Crippen molar-refractivity contribution < 1.29 is 14.6 Å². The normalized spacial score (nSPS) is 16.0. The Labute approximate surface area is 135 Å². The highest BCUT2D eigenvalue weighted by molar-refractivity contribution is 5.96. The smallest absolute Gasteiger partial charge is 0.345 e. The van der Waals surface area contributed by atoms with E-state index in [0.29, 0.717) is 17.9 Å². The Hall–Kier alpha value is -2.59. The first-order valence-corrected chi connectivity index (χ1v) is 7.51. The zero-order chi connectivity index (χ0) is 16.6. The Kier molecular flexibility index (Phi) is 3.92. The summed E-state index contributed by atoms with van der Waals surface area (Å²) in [6.07, 6.45) is 4.53. The van der Waals surface area contributed by atoms with Gasteiger partial charge in [0.2, 0.25) is 0 Å². The monoisotopic (exact) mass is 309 g/mol. The number of benzene rings is 1. The maximum Gasteiger partial charge on any atom is 0.345 e. The van der Waals surface area contributed by atoms with Crippen molar-refractivity contribution >= 4 is 11.7 Å². The van der Waals surface area contributed by atoms with E-state index in [-0.39, 0.29) is 0 Å². The molecular formula is C19H19NO3. The fraction of sp³-hybridized carbons (Fsp3) is 0.211. The van der Waals surface area contributed by atoms with Crippen LogP contribution in [0.5, 0.6) is 0 Å². The molecule has 4 heteroatoms. The molecule has 1 N–H and O–H groups in total. The molecule has 1 heterocycles. The number of fused-ring (bicyclic) bond motifs is 1. The predicted octanol–water partition coefficient (Wildman–Crippen LogP) is 3.54. The van der Waals surface area contributed by atoms with Gasteiger partial charge < -0.3 is 14.4 Å². The van der Waals surface area contributed by atoms with Crippen LogP contribution in [-0.2, 0) is 11.3 Å². The fourth-order valence-electron chi connectivity index (χ4n) is 3.00. The second-order valence-corrected chi connectivity index (χ2v) is 5.67. The van der Waals surface area contributed by atoms with E-state index in [4.69, 9.17) is 4.74 Å². The highest BCUT2D eigenvalue weighted by Gasteiger charge is 2.26. The summed E-state index contributed by atoms with van der Waals surface area (Å²) in [5.41, 5.74) is 3.79. The standard InChI is InChI=1S/C19H19NO3/c1-4-9-20-11-12(2)18(13(20)3)19(22)23-17-10-16(21)14-7-5-6-8-15(14)17/h4-8,10-11,16,21H,1,9H2,2-3H3. The number of esters is 1. The van der Waals surface area contributed by atoms with Crippen LogP contribution in [0, 0.1) is 13.8 Å². The number of hydrogen-bond acceptors (Lipinski definition) is 3. The number of aromatic nitrogens is 1. The molecule has 2 aromatic rings. The molecular weight excluding hydrogens is 290 g/mol. The van der Waals surface area contributed by atoms with E-state index in [2.05, 4.69) is 6.58 Å². The Morgan fingerprint density at radius 1 is 1.39 bits per heavy atom. The van der Waals surface area contributed by atoms with Gasteiger partial charge in [-0.25, -0.2) is 4.79 Å². The molecule has 118 valence electrons. The average Bonchev–Trinajstić information content (AvgIpc) is 2.98. The van der Waals surface area contributed by atoms with Crippen LogP contribution >= 0.6 is 0 Å². The van der Waals surface area contributed by atoms with Gasteiger partial charge in [-0.15, -0.1) is 6.58 Å². The van der Waals surface area contributed by atoms with Gasteiger partial charge in [-0.1, -0.05) is 30.3 Å². The molecule has 1 aromatic carbocycles. The number of rotatable bonds is 4. The lowest BCUT2D eigenvalue weighted by Gasteiger charge is -2.08. The SMILES string of the molecule is C=CCn1cc(C)c(C(=O)OC2=CC(O)c3ccccc32)c1C. The van der Waals surface area contributed by atoms with Gasteiger partial charge in [0.15, 0.2) is 0 Å². The molecule has 23 heavy (non-hydrogen) atoms. The highest BCUT2D eigenvalue weighted by Crippen LogP contribution is 2.35. The van der Waals surface area contributed by atoms with Gasteiger partial charge in [-0.2, -0.15) is 0 Å². The van der Waals surface area contributed by atoms with Gasteiger partial charge in [0.05, 0.1) is 5.56 Å². The summed E-state index contributed by atoms with van der Waals surface area (Å²) in [5.74, 6) is 0.00587. The predicted molar refractivity (Wildman–Crippen MR) is 88.9 cm³/mol. The van der Waals surface area contributed by atoms with Gasteiger partial charge in [-0.05, 0) is 31.1 Å². The Morgan fingerprint density at radius 2 is 2.13 bits per heavy atom. The van der Waals surface area contributed by atoms with Crippen molar-refractivity contribution in [1.82, 2.24) is 4.57 Å². The maximum absolute atomic E-state index is 12.6. The molecule has 0 bridgehead atoms. The number of aryl methyl sites for hydroxylation is 1. The first-order chi connectivity index (χ1) is 11.0. The van der Waals surface area contributed by atoms with Gasteiger partial charge in [0, 0.05) is 24.0 Å². The molecule has 1 aliphatic rings. The lowest BCUT2D eigenvalue weighted by atomic mass is 10.1. The van der Waals surface area contributed by atoms with E-state index in [1.807, 2.05) is 48.9 Å². The van der Waals surface area contributed by atoms with E-state index in [1.165, 1.54) is 0 Å². The van der Waals surface area contributed by atoms with Crippen molar-refractivity contribution in [2.75, 3.05) is 0 Å². The number of allylic oxidation sites excluding steroid dienone is 1. The van der Waals surface area contributed by atoms with E-state index >= 15 is 0 Å². The summed E-state index contributed by atoms with van der Waals surface area (Å²) >= 11 is 0. The molecule has 0 saturated heterocycles. The van der Waals surface area contributed by atoms with Crippen molar-refractivity contribution in [3.8, 4) is 0 Å². The van der Waals surface area contributed by atoms with Crippen LogP contribution in [0.15, 0.2) is 49.2 Å². The molecule has 0 aliphatic heterocycles. The van der Waals surface area contributed by atoms with Gasteiger partial charge in [0.1, 0.15) is 11.9 Å². The summed E-state index contributed by atoms with van der Waals surface area (Å²) in [6.45, 7) is 8.14. The lowest BCUT2D eigenvalue weighted by molar-refractivity contribution is 0.0690. The molecule has 1 atom stereocenters. The summed E-state index contributed by atoms with van der Waals surface area (Å²) < 4.78 is 7.53. The van der Waals surface area contributed by atoms with Crippen molar-refractivity contribution in [3.05, 3.63) is 77.1 Å². The zero-order valence-corrected chi connectivity index (χ0v) is 13.2. The summed E-state index contributed by atoms with van der Waals surface area (Å²) in [7, 11) is 0. The molecule has 0 fully saturated rings. The van der Waals surface area contributed by atoms with Gasteiger partial charge in [-0.3, -0.25) is 0 Å². The first kappa shape index (κ1) is 15.3. The van der Waals surface area contributed by atoms with E-state index < -0.39 is 12.1 Å². The van der Waals surface area contributed by atoms with E-state index in [9.17, 15) is 9.90 Å².